The van der Waals surface area contributed by atoms with E-state index in [-0.39, 0.29) is 5.91 Å². The Morgan fingerprint density at radius 3 is 2.71 bits per heavy atom. The van der Waals surface area contributed by atoms with Crippen LogP contribution >= 0.6 is 11.6 Å². The van der Waals surface area contributed by atoms with Crippen molar-refractivity contribution in [2.45, 2.75) is 18.8 Å². The summed E-state index contributed by atoms with van der Waals surface area (Å²) in [4.78, 5) is 22.7. The monoisotopic (exact) mass is 342 g/mol. The van der Waals surface area contributed by atoms with E-state index in [9.17, 15) is 4.79 Å². The molecule has 4 rings (SSSR count). The van der Waals surface area contributed by atoms with Gasteiger partial charge in [0.05, 0.1) is 16.1 Å². The van der Waals surface area contributed by atoms with Gasteiger partial charge in [0.1, 0.15) is 11.5 Å². The van der Waals surface area contributed by atoms with E-state index in [1.165, 1.54) is 0 Å². The first-order valence-corrected chi connectivity index (χ1v) is 8.55. The molecular formula is C18H19ClN4O. The summed E-state index contributed by atoms with van der Waals surface area (Å²) in [5, 5.41) is 0.595. The lowest BCUT2D eigenvalue weighted by atomic mass is 9.96. The molecule has 124 valence electrons. The smallest absolute Gasteiger partial charge is 0.270 e. The normalized spacial score (nSPS) is 16.0. The number of benzene rings is 1. The molecule has 0 saturated carbocycles. The van der Waals surface area contributed by atoms with Crippen molar-refractivity contribution in [3.8, 4) is 0 Å². The molecule has 5 nitrogen and oxygen atoms in total. The van der Waals surface area contributed by atoms with Crippen molar-refractivity contribution in [2.24, 2.45) is 7.05 Å². The molecule has 3 aromatic rings. The average Bonchev–Trinajstić information content (AvgIpc) is 3.17. The van der Waals surface area contributed by atoms with E-state index in [1.807, 2.05) is 36.2 Å². The van der Waals surface area contributed by atoms with Gasteiger partial charge in [-0.2, -0.15) is 0 Å². The van der Waals surface area contributed by atoms with E-state index >= 15 is 0 Å². The number of piperidine rings is 1. The molecule has 1 aliphatic heterocycles. The fraction of sp³-hybridized carbons (Fsp3) is 0.333. The number of nitrogens with zero attached hydrogens (tertiary/aromatic N) is 3. The van der Waals surface area contributed by atoms with Gasteiger partial charge >= 0.3 is 0 Å². The van der Waals surface area contributed by atoms with Crippen molar-refractivity contribution in [3.05, 3.63) is 53.1 Å². The molecule has 1 saturated heterocycles. The lowest BCUT2D eigenvalue weighted by Gasteiger charge is -2.31. The highest BCUT2D eigenvalue weighted by Gasteiger charge is 2.27. The van der Waals surface area contributed by atoms with Crippen LogP contribution < -0.4 is 0 Å². The fourth-order valence-electron chi connectivity index (χ4n) is 3.42. The number of rotatable bonds is 2. The van der Waals surface area contributed by atoms with E-state index in [0.717, 1.165) is 42.8 Å². The molecule has 0 spiro atoms. The van der Waals surface area contributed by atoms with Gasteiger partial charge in [-0.05, 0) is 31.0 Å². The minimum absolute atomic E-state index is 0.0486. The van der Waals surface area contributed by atoms with Gasteiger partial charge in [0, 0.05) is 32.3 Å². The maximum Gasteiger partial charge on any atom is 0.270 e. The number of halogens is 1. The zero-order valence-corrected chi connectivity index (χ0v) is 14.3. The number of likely N-dealkylation sites (tertiary alicyclic amines) is 1. The predicted octanol–water partition coefficient (Wildman–Crippen LogP) is 3.57. The van der Waals surface area contributed by atoms with Crippen LogP contribution in [-0.2, 0) is 7.05 Å². The number of H-pyrrole nitrogens is 1. The standard InChI is InChI=1S/C18H19ClN4O/c1-22-11-13(19)10-16(22)18(24)23-8-6-12(7-9-23)17-20-14-4-2-3-5-15(14)21-17/h2-5,10-12H,6-9H2,1H3,(H,20,21). The van der Waals surface area contributed by atoms with Crippen LogP contribution in [0.5, 0.6) is 0 Å². The number of nitrogens with one attached hydrogen (secondary N) is 1. The number of amides is 1. The number of carbonyl (C=O) groups is 1. The third-order valence-corrected chi connectivity index (χ3v) is 4.97. The molecule has 2 aromatic heterocycles. The second-order valence-electron chi connectivity index (χ2n) is 6.36. The van der Waals surface area contributed by atoms with Crippen molar-refractivity contribution in [1.29, 1.82) is 0 Å². The summed E-state index contributed by atoms with van der Waals surface area (Å²) in [6.07, 6.45) is 3.60. The van der Waals surface area contributed by atoms with Crippen LogP contribution in [0.15, 0.2) is 36.5 Å². The lowest BCUT2D eigenvalue weighted by Crippen LogP contribution is -2.38. The number of hydrogen-bond donors (Lipinski definition) is 1. The minimum atomic E-state index is 0.0486. The SMILES string of the molecule is Cn1cc(Cl)cc1C(=O)N1CCC(c2nc3ccccc3[nH]2)CC1. The van der Waals surface area contributed by atoms with Crippen LogP contribution in [0.4, 0.5) is 0 Å². The Balaban J connectivity index is 1.46. The summed E-state index contributed by atoms with van der Waals surface area (Å²) in [7, 11) is 1.85. The van der Waals surface area contributed by atoms with Crippen LogP contribution in [0.2, 0.25) is 5.02 Å². The molecule has 0 aliphatic carbocycles. The number of aromatic amines is 1. The first-order chi connectivity index (χ1) is 11.6. The molecule has 1 amide bonds. The van der Waals surface area contributed by atoms with Gasteiger partial charge in [-0.15, -0.1) is 0 Å². The second kappa shape index (κ2) is 5.98. The third kappa shape index (κ3) is 2.69. The first kappa shape index (κ1) is 15.3. The maximum atomic E-state index is 12.6. The van der Waals surface area contributed by atoms with Gasteiger partial charge < -0.3 is 14.5 Å². The van der Waals surface area contributed by atoms with Crippen molar-refractivity contribution in [2.75, 3.05) is 13.1 Å². The molecule has 24 heavy (non-hydrogen) atoms. The van der Waals surface area contributed by atoms with Gasteiger partial charge in [0.2, 0.25) is 0 Å². The summed E-state index contributed by atoms with van der Waals surface area (Å²) in [5.74, 6) is 1.45. The van der Waals surface area contributed by atoms with Crippen molar-refractivity contribution in [3.63, 3.8) is 0 Å². The summed E-state index contributed by atoms with van der Waals surface area (Å²) in [6.45, 7) is 1.48. The number of carbonyl (C=O) groups excluding carboxylic acids is 1. The molecule has 6 heteroatoms. The minimum Gasteiger partial charge on any atom is -0.345 e. The van der Waals surface area contributed by atoms with Gasteiger partial charge in [0.25, 0.3) is 5.91 Å². The van der Waals surface area contributed by atoms with Crippen molar-refractivity contribution >= 4 is 28.5 Å². The van der Waals surface area contributed by atoms with E-state index in [4.69, 9.17) is 16.6 Å². The van der Waals surface area contributed by atoms with E-state index in [2.05, 4.69) is 4.98 Å². The Morgan fingerprint density at radius 2 is 2.04 bits per heavy atom. The highest BCUT2D eigenvalue weighted by molar-refractivity contribution is 6.31. The average molecular weight is 343 g/mol. The quantitative estimate of drug-likeness (QED) is 0.774. The number of imidazole rings is 1. The second-order valence-corrected chi connectivity index (χ2v) is 6.80. The Kier molecular flexibility index (Phi) is 3.81. The van der Waals surface area contributed by atoms with Gasteiger partial charge in [-0.3, -0.25) is 4.79 Å². The molecule has 0 unspecified atom stereocenters. The fourth-order valence-corrected chi connectivity index (χ4v) is 3.67. The van der Waals surface area contributed by atoms with Crippen LogP contribution in [0.3, 0.4) is 0 Å². The molecule has 1 fully saturated rings. The maximum absolute atomic E-state index is 12.6. The molecule has 0 bridgehead atoms. The molecule has 1 aliphatic rings. The number of aryl methyl sites for hydroxylation is 1. The summed E-state index contributed by atoms with van der Waals surface area (Å²) < 4.78 is 1.79. The number of fused-ring (bicyclic) bond motifs is 1. The summed E-state index contributed by atoms with van der Waals surface area (Å²) in [5.41, 5.74) is 2.72. The Morgan fingerprint density at radius 1 is 1.29 bits per heavy atom. The highest BCUT2D eigenvalue weighted by Crippen LogP contribution is 2.28. The van der Waals surface area contributed by atoms with Crippen LogP contribution in [0.1, 0.15) is 35.1 Å². The zero-order valence-electron chi connectivity index (χ0n) is 13.5. The number of hydrogen-bond acceptors (Lipinski definition) is 2. The molecule has 0 atom stereocenters. The van der Waals surface area contributed by atoms with Crippen LogP contribution in [-0.4, -0.2) is 38.4 Å². The van der Waals surface area contributed by atoms with Gasteiger partial charge in [-0.1, -0.05) is 23.7 Å². The van der Waals surface area contributed by atoms with E-state index in [1.54, 1.807) is 16.8 Å². The summed E-state index contributed by atoms with van der Waals surface area (Å²) in [6, 6.07) is 9.81. The number of para-hydroxylation sites is 2. The van der Waals surface area contributed by atoms with Crippen molar-refractivity contribution < 1.29 is 4.79 Å². The first-order valence-electron chi connectivity index (χ1n) is 8.17. The van der Waals surface area contributed by atoms with E-state index in [0.29, 0.717) is 16.6 Å². The zero-order chi connectivity index (χ0) is 16.7. The molecule has 0 radical (unpaired) electrons. The van der Waals surface area contributed by atoms with Crippen molar-refractivity contribution in [1.82, 2.24) is 19.4 Å². The largest absolute Gasteiger partial charge is 0.345 e. The Labute approximate surface area is 145 Å². The molecule has 1 N–H and O–H groups in total. The van der Waals surface area contributed by atoms with Gasteiger partial charge in [0.15, 0.2) is 0 Å². The molecular weight excluding hydrogens is 324 g/mol. The van der Waals surface area contributed by atoms with Crippen LogP contribution in [0.25, 0.3) is 11.0 Å². The van der Waals surface area contributed by atoms with Crippen LogP contribution in [0, 0.1) is 0 Å². The lowest BCUT2D eigenvalue weighted by molar-refractivity contribution is 0.0701. The summed E-state index contributed by atoms with van der Waals surface area (Å²) >= 11 is 5.99. The Bertz CT molecular complexity index is 856. The van der Waals surface area contributed by atoms with Gasteiger partial charge in [-0.25, -0.2) is 4.98 Å². The van der Waals surface area contributed by atoms with E-state index < -0.39 is 0 Å². The predicted molar refractivity (Wildman–Crippen MR) is 94.4 cm³/mol. The third-order valence-electron chi connectivity index (χ3n) is 4.77. The topological polar surface area (TPSA) is 53.9 Å². The highest BCUT2D eigenvalue weighted by atomic mass is 35.5. The Hall–Kier alpha value is -2.27. The number of aromatic nitrogens is 3. The molecule has 1 aromatic carbocycles. The molecule has 3 heterocycles.